The normalized spacial score (nSPS) is 17.1. The summed E-state index contributed by atoms with van der Waals surface area (Å²) in [5.74, 6) is 1.22. The summed E-state index contributed by atoms with van der Waals surface area (Å²) < 4.78 is 0. The fourth-order valence-corrected chi connectivity index (χ4v) is 3.92. The summed E-state index contributed by atoms with van der Waals surface area (Å²) in [6, 6.07) is 9.61. The molecule has 32 heavy (non-hydrogen) atoms. The van der Waals surface area contributed by atoms with Crippen LogP contribution in [0.3, 0.4) is 0 Å². The van der Waals surface area contributed by atoms with Crippen LogP contribution >= 0.6 is 23.2 Å². The number of hydrogen-bond donors (Lipinski definition) is 1. The number of rotatable bonds is 8. The highest BCUT2D eigenvalue weighted by Crippen LogP contribution is 2.24. The molecular weight excluding hydrogens is 451 g/mol. The van der Waals surface area contributed by atoms with E-state index >= 15 is 0 Å². The number of aromatic nitrogens is 1. The molecule has 1 aliphatic heterocycles. The summed E-state index contributed by atoms with van der Waals surface area (Å²) in [6.45, 7) is 0.0444. The molecule has 2 aromatic rings. The van der Waals surface area contributed by atoms with Gasteiger partial charge in [0.15, 0.2) is 0 Å². The topological polar surface area (TPSA) is 82.6 Å². The van der Waals surface area contributed by atoms with Crippen LogP contribution in [0, 0.1) is 12.3 Å². The molecule has 0 aliphatic carbocycles. The molecule has 1 aliphatic rings. The Labute approximate surface area is 196 Å². The van der Waals surface area contributed by atoms with Gasteiger partial charge in [0.05, 0.1) is 13.0 Å². The van der Waals surface area contributed by atoms with Gasteiger partial charge in [0, 0.05) is 30.4 Å². The van der Waals surface area contributed by atoms with Gasteiger partial charge < -0.3 is 15.1 Å². The number of carbonyl (C=O) groups excluding carboxylic acids is 3. The van der Waals surface area contributed by atoms with Gasteiger partial charge in [-0.1, -0.05) is 41.3 Å². The zero-order valence-electron chi connectivity index (χ0n) is 17.2. The maximum absolute atomic E-state index is 13.4. The van der Waals surface area contributed by atoms with Gasteiger partial charge in [0.25, 0.3) is 0 Å². The van der Waals surface area contributed by atoms with Gasteiger partial charge >= 0.3 is 0 Å². The molecule has 2 unspecified atom stereocenters. The number of amides is 3. The van der Waals surface area contributed by atoms with Crippen molar-refractivity contribution in [1.29, 1.82) is 0 Å². The van der Waals surface area contributed by atoms with Crippen LogP contribution in [-0.2, 0) is 27.3 Å². The summed E-state index contributed by atoms with van der Waals surface area (Å²) in [5.41, 5.74) is 0.913. The Kier molecular flexibility index (Phi) is 8.09. The SMILES string of the molecule is C#CCNC(=O)CC1C(=O)N(C(Cl)Cc2ccc(Cl)cc2)CC(=O)N1Cc1ccncc1. The average molecular weight is 473 g/mol. The summed E-state index contributed by atoms with van der Waals surface area (Å²) in [4.78, 5) is 45.4. The molecule has 1 saturated heterocycles. The number of pyridine rings is 1. The second kappa shape index (κ2) is 11.0. The number of halogens is 2. The number of benzene rings is 1. The van der Waals surface area contributed by atoms with Crippen LogP contribution in [0.25, 0.3) is 0 Å². The lowest BCUT2D eigenvalue weighted by atomic mass is 10.0. The first kappa shape index (κ1) is 23.6. The van der Waals surface area contributed by atoms with Crippen LogP contribution in [0.4, 0.5) is 0 Å². The lowest BCUT2D eigenvalue weighted by Crippen LogP contribution is -2.62. The van der Waals surface area contributed by atoms with E-state index in [4.69, 9.17) is 29.6 Å². The summed E-state index contributed by atoms with van der Waals surface area (Å²) in [7, 11) is 0. The number of nitrogens with one attached hydrogen (secondary N) is 1. The monoisotopic (exact) mass is 472 g/mol. The lowest BCUT2D eigenvalue weighted by Gasteiger charge is -2.41. The largest absolute Gasteiger partial charge is 0.345 e. The third-order valence-electron chi connectivity index (χ3n) is 5.09. The molecule has 2 atom stereocenters. The van der Waals surface area contributed by atoms with Crippen molar-refractivity contribution in [3.8, 4) is 12.3 Å². The van der Waals surface area contributed by atoms with Crippen LogP contribution in [0.5, 0.6) is 0 Å². The van der Waals surface area contributed by atoms with E-state index in [2.05, 4.69) is 16.2 Å². The van der Waals surface area contributed by atoms with Gasteiger partial charge in [-0.05, 0) is 35.4 Å². The molecule has 1 aromatic heterocycles. The van der Waals surface area contributed by atoms with Crippen molar-refractivity contribution in [1.82, 2.24) is 20.1 Å². The number of terminal acetylenes is 1. The molecule has 1 aromatic carbocycles. The van der Waals surface area contributed by atoms with E-state index in [0.717, 1.165) is 11.1 Å². The molecule has 3 amide bonds. The Hall–Kier alpha value is -3.08. The van der Waals surface area contributed by atoms with Gasteiger partial charge in [-0.15, -0.1) is 6.42 Å². The quantitative estimate of drug-likeness (QED) is 0.362. The third-order valence-corrected chi connectivity index (χ3v) is 5.74. The maximum Gasteiger partial charge on any atom is 0.247 e. The Morgan fingerprint density at radius 1 is 1.19 bits per heavy atom. The van der Waals surface area contributed by atoms with Gasteiger partial charge in [-0.2, -0.15) is 0 Å². The predicted molar refractivity (Wildman–Crippen MR) is 122 cm³/mol. The number of piperazine rings is 1. The number of carbonyl (C=O) groups is 3. The first-order chi connectivity index (χ1) is 15.4. The van der Waals surface area contributed by atoms with E-state index in [1.54, 1.807) is 36.7 Å². The van der Waals surface area contributed by atoms with E-state index in [9.17, 15) is 14.4 Å². The Morgan fingerprint density at radius 2 is 1.88 bits per heavy atom. The summed E-state index contributed by atoms with van der Waals surface area (Å²) in [5, 5.41) is 3.14. The Morgan fingerprint density at radius 3 is 2.53 bits per heavy atom. The highest BCUT2D eigenvalue weighted by molar-refractivity contribution is 6.30. The molecule has 2 heterocycles. The molecule has 166 valence electrons. The van der Waals surface area contributed by atoms with Crippen molar-refractivity contribution >= 4 is 40.9 Å². The molecule has 0 radical (unpaired) electrons. The molecule has 7 nitrogen and oxygen atoms in total. The highest BCUT2D eigenvalue weighted by atomic mass is 35.5. The van der Waals surface area contributed by atoms with E-state index < -0.39 is 17.5 Å². The smallest absolute Gasteiger partial charge is 0.247 e. The predicted octanol–water partition coefficient (Wildman–Crippen LogP) is 2.22. The molecule has 1 fully saturated rings. The first-order valence-electron chi connectivity index (χ1n) is 9.96. The van der Waals surface area contributed by atoms with Crippen molar-refractivity contribution in [3.05, 3.63) is 64.9 Å². The van der Waals surface area contributed by atoms with Crippen LogP contribution in [0.1, 0.15) is 17.5 Å². The molecule has 1 N–H and O–H groups in total. The van der Waals surface area contributed by atoms with Gasteiger partial charge in [-0.3, -0.25) is 19.4 Å². The summed E-state index contributed by atoms with van der Waals surface area (Å²) >= 11 is 12.5. The minimum absolute atomic E-state index is 0.0382. The fraction of sp³-hybridized carbons (Fsp3) is 0.304. The molecule has 0 spiro atoms. The van der Waals surface area contributed by atoms with Crippen LogP contribution in [0.15, 0.2) is 48.8 Å². The van der Waals surface area contributed by atoms with Crippen LogP contribution < -0.4 is 5.32 Å². The second-order valence-electron chi connectivity index (χ2n) is 7.31. The molecule has 0 bridgehead atoms. The molecule has 9 heteroatoms. The van der Waals surface area contributed by atoms with Crippen LogP contribution in [0.2, 0.25) is 5.02 Å². The van der Waals surface area contributed by atoms with Gasteiger partial charge in [0.1, 0.15) is 18.1 Å². The zero-order valence-corrected chi connectivity index (χ0v) is 18.7. The van der Waals surface area contributed by atoms with E-state index in [1.165, 1.54) is 9.80 Å². The number of hydrogen-bond acceptors (Lipinski definition) is 4. The van der Waals surface area contributed by atoms with E-state index in [0.29, 0.717) is 11.4 Å². The van der Waals surface area contributed by atoms with E-state index in [1.807, 2.05) is 12.1 Å². The van der Waals surface area contributed by atoms with E-state index in [-0.39, 0.29) is 37.9 Å². The first-order valence-corrected chi connectivity index (χ1v) is 10.8. The summed E-state index contributed by atoms with van der Waals surface area (Å²) in [6.07, 6.45) is 8.53. The second-order valence-corrected chi connectivity index (χ2v) is 8.25. The van der Waals surface area contributed by atoms with Crippen molar-refractivity contribution in [3.63, 3.8) is 0 Å². The fourth-order valence-electron chi connectivity index (χ4n) is 3.45. The van der Waals surface area contributed by atoms with Gasteiger partial charge in [-0.25, -0.2) is 0 Å². The Bertz CT molecular complexity index is 1010. The third kappa shape index (κ3) is 6.00. The van der Waals surface area contributed by atoms with Crippen molar-refractivity contribution < 1.29 is 14.4 Å². The van der Waals surface area contributed by atoms with Crippen LogP contribution in [-0.4, -0.2) is 57.1 Å². The molecule has 0 saturated carbocycles. The molecule has 3 rings (SSSR count). The van der Waals surface area contributed by atoms with Crippen molar-refractivity contribution in [2.24, 2.45) is 0 Å². The van der Waals surface area contributed by atoms with Crippen molar-refractivity contribution in [2.45, 2.75) is 30.9 Å². The lowest BCUT2D eigenvalue weighted by molar-refractivity contribution is -0.158. The zero-order chi connectivity index (χ0) is 23.1. The minimum Gasteiger partial charge on any atom is -0.345 e. The number of alkyl halides is 1. The standard InChI is InChI=1S/C23H22Cl2N4O3/c1-2-9-27-21(30)13-19-23(32)29(20(25)12-16-3-5-18(24)6-4-16)15-22(31)28(19)14-17-7-10-26-11-8-17/h1,3-8,10-11,19-20H,9,12-15H2,(H,27,30). The Balaban J connectivity index is 1.80. The average Bonchev–Trinajstić information content (AvgIpc) is 2.79. The van der Waals surface area contributed by atoms with Gasteiger partial charge in [0.2, 0.25) is 17.7 Å². The molecular formula is C23H22Cl2N4O3. The maximum atomic E-state index is 13.4. The highest BCUT2D eigenvalue weighted by Gasteiger charge is 2.42. The minimum atomic E-state index is -0.992. The van der Waals surface area contributed by atoms with Crippen molar-refractivity contribution in [2.75, 3.05) is 13.1 Å². The number of nitrogens with zero attached hydrogens (tertiary/aromatic N) is 3.